The second kappa shape index (κ2) is 5.59. The zero-order valence-electron chi connectivity index (χ0n) is 10.3. The molecule has 0 aliphatic rings. The molecule has 1 nitrogen and oxygen atoms in total. The molecule has 18 heavy (non-hydrogen) atoms. The van der Waals surface area contributed by atoms with E-state index in [0.717, 1.165) is 6.07 Å². The molecule has 2 unspecified atom stereocenters. The number of hydrogen-bond donors (Lipinski definition) is 1. The van der Waals surface area contributed by atoms with Gasteiger partial charge in [-0.1, -0.05) is 18.2 Å². The van der Waals surface area contributed by atoms with Gasteiger partial charge in [0.25, 0.3) is 0 Å². The molecule has 2 aromatic rings. The summed E-state index contributed by atoms with van der Waals surface area (Å²) < 4.78 is 26.8. The zero-order valence-corrected chi connectivity index (χ0v) is 11.1. The first-order chi connectivity index (χ1) is 8.59. The van der Waals surface area contributed by atoms with Crippen LogP contribution >= 0.6 is 11.3 Å². The molecule has 1 aromatic heterocycles. The molecule has 0 amide bonds. The van der Waals surface area contributed by atoms with E-state index in [9.17, 15) is 8.78 Å². The lowest BCUT2D eigenvalue weighted by Gasteiger charge is -2.20. The molecule has 2 rings (SSSR count). The molecule has 96 valence electrons. The number of nitrogens with one attached hydrogen (secondary N) is 1. The van der Waals surface area contributed by atoms with Crippen LogP contribution in [0.15, 0.2) is 35.7 Å². The summed E-state index contributed by atoms with van der Waals surface area (Å²) in [5.41, 5.74) is 0.360. The minimum Gasteiger partial charge on any atom is -0.303 e. The first-order valence-electron chi connectivity index (χ1n) is 5.83. The van der Waals surface area contributed by atoms with Gasteiger partial charge in [0.05, 0.1) is 0 Å². The average Bonchev–Trinajstić information content (AvgIpc) is 2.86. The van der Waals surface area contributed by atoms with Gasteiger partial charge in [-0.15, -0.1) is 11.3 Å². The van der Waals surface area contributed by atoms with Crippen molar-refractivity contribution in [3.63, 3.8) is 0 Å². The summed E-state index contributed by atoms with van der Waals surface area (Å²) in [5.74, 6) is -1.57. The van der Waals surface area contributed by atoms with Crippen LogP contribution in [0.4, 0.5) is 8.78 Å². The number of hydrogen-bond acceptors (Lipinski definition) is 2. The Bertz CT molecular complexity index is 511. The van der Waals surface area contributed by atoms with E-state index in [1.807, 2.05) is 31.4 Å². The van der Waals surface area contributed by atoms with E-state index in [-0.39, 0.29) is 12.1 Å². The SMILES string of the molecule is CC(NC(C)c1cccc(F)c1F)c1cccs1. The third kappa shape index (κ3) is 2.76. The molecular weight excluding hydrogens is 252 g/mol. The van der Waals surface area contributed by atoms with Crippen LogP contribution in [0, 0.1) is 11.6 Å². The average molecular weight is 267 g/mol. The maximum absolute atomic E-state index is 13.6. The topological polar surface area (TPSA) is 12.0 Å². The molecule has 0 saturated carbocycles. The second-order valence-corrected chi connectivity index (χ2v) is 5.25. The number of halogens is 2. The van der Waals surface area contributed by atoms with Crippen LogP contribution in [-0.4, -0.2) is 0 Å². The Morgan fingerprint density at radius 3 is 2.50 bits per heavy atom. The molecule has 0 saturated heterocycles. The third-order valence-corrected chi connectivity index (χ3v) is 3.97. The van der Waals surface area contributed by atoms with Crippen molar-refractivity contribution in [3.8, 4) is 0 Å². The van der Waals surface area contributed by atoms with E-state index in [1.54, 1.807) is 17.4 Å². The molecule has 4 heteroatoms. The Hall–Kier alpha value is -1.26. The van der Waals surface area contributed by atoms with Crippen LogP contribution in [0.25, 0.3) is 0 Å². The highest BCUT2D eigenvalue weighted by Gasteiger charge is 2.16. The monoisotopic (exact) mass is 267 g/mol. The van der Waals surface area contributed by atoms with Crippen LogP contribution in [-0.2, 0) is 0 Å². The lowest BCUT2D eigenvalue weighted by molar-refractivity contribution is 0.451. The standard InChI is InChI=1S/C14H15F2NS/c1-9(11-5-3-6-12(15)14(11)16)17-10(2)13-7-4-8-18-13/h3-10,17H,1-2H3. The molecule has 0 fully saturated rings. The van der Waals surface area contributed by atoms with Crippen molar-refractivity contribution in [1.29, 1.82) is 0 Å². The van der Waals surface area contributed by atoms with E-state index in [4.69, 9.17) is 0 Å². The van der Waals surface area contributed by atoms with Gasteiger partial charge in [0.2, 0.25) is 0 Å². The first kappa shape index (κ1) is 13.2. The highest BCUT2D eigenvalue weighted by atomic mass is 32.1. The normalized spacial score (nSPS) is 14.4. The Labute approximate surface area is 109 Å². The minimum absolute atomic E-state index is 0.114. The smallest absolute Gasteiger partial charge is 0.163 e. The van der Waals surface area contributed by atoms with Crippen molar-refractivity contribution in [2.24, 2.45) is 0 Å². The molecule has 0 spiro atoms. The number of rotatable bonds is 4. The Morgan fingerprint density at radius 2 is 1.83 bits per heavy atom. The summed E-state index contributed by atoms with van der Waals surface area (Å²) in [6.45, 7) is 3.85. The Morgan fingerprint density at radius 1 is 1.06 bits per heavy atom. The van der Waals surface area contributed by atoms with E-state index in [1.165, 1.54) is 10.9 Å². The second-order valence-electron chi connectivity index (χ2n) is 4.27. The molecule has 0 radical (unpaired) electrons. The highest BCUT2D eigenvalue weighted by molar-refractivity contribution is 7.10. The summed E-state index contributed by atoms with van der Waals surface area (Å²) in [6.07, 6.45) is 0. The first-order valence-corrected chi connectivity index (χ1v) is 6.71. The van der Waals surface area contributed by atoms with Crippen molar-refractivity contribution >= 4 is 11.3 Å². The van der Waals surface area contributed by atoms with Crippen LogP contribution in [0.3, 0.4) is 0 Å². The minimum atomic E-state index is -0.801. The third-order valence-electron chi connectivity index (χ3n) is 2.92. The van der Waals surface area contributed by atoms with Crippen LogP contribution < -0.4 is 5.32 Å². The molecule has 0 aliphatic carbocycles. The van der Waals surface area contributed by atoms with Gasteiger partial charge in [0.1, 0.15) is 0 Å². The molecule has 2 atom stereocenters. The van der Waals surface area contributed by atoms with E-state index in [0.29, 0.717) is 5.56 Å². The largest absolute Gasteiger partial charge is 0.303 e. The summed E-state index contributed by atoms with van der Waals surface area (Å²) in [4.78, 5) is 1.18. The fourth-order valence-corrected chi connectivity index (χ4v) is 2.68. The van der Waals surface area contributed by atoms with Crippen LogP contribution in [0.2, 0.25) is 0 Å². The summed E-state index contributed by atoms with van der Waals surface area (Å²) >= 11 is 1.65. The van der Waals surface area contributed by atoms with Gasteiger partial charge >= 0.3 is 0 Å². The molecular formula is C14H15F2NS. The quantitative estimate of drug-likeness (QED) is 0.863. The Kier molecular flexibility index (Phi) is 4.09. The predicted molar refractivity (Wildman–Crippen MR) is 70.6 cm³/mol. The zero-order chi connectivity index (χ0) is 13.1. The summed E-state index contributed by atoms with van der Waals surface area (Å²) in [5, 5.41) is 5.27. The molecule has 1 heterocycles. The molecule has 0 bridgehead atoms. The maximum Gasteiger partial charge on any atom is 0.163 e. The maximum atomic E-state index is 13.6. The molecule has 0 aliphatic heterocycles. The molecule has 1 aromatic carbocycles. The van der Waals surface area contributed by atoms with Crippen molar-refractivity contribution in [1.82, 2.24) is 5.32 Å². The van der Waals surface area contributed by atoms with Gasteiger partial charge in [0, 0.05) is 22.5 Å². The highest BCUT2D eigenvalue weighted by Crippen LogP contribution is 2.24. The van der Waals surface area contributed by atoms with Gasteiger partial charge in [-0.2, -0.15) is 0 Å². The van der Waals surface area contributed by atoms with Gasteiger partial charge < -0.3 is 5.32 Å². The van der Waals surface area contributed by atoms with Crippen molar-refractivity contribution in [2.45, 2.75) is 25.9 Å². The van der Waals surface area contributed by atoms with E-state index < -0.39 is 11.6 Å². The lowest BCUT2D eigenvalue weighted by atomic mass is 10.1. The van der Waals surface area contributed by atoms with Crippen molar-refractivity contribution in [3.05, 3.63) is 57.8 Å². The lowest BCUT2D eigenvalue weighted by Crippen LogP contribution is -2.22. The number of thiophene rings is 1. The van der Waals surface area contributed by atoms with Gasteiger partial charge in [-0.05, 0) is 31.4 Å². The summed E-state index contributed by atoms with van der Waals surface area (Å²) in [7, 11) is 0. The van der Waals surface area contributed by atoms with Crippen molar-refractivity contribution in [2.75, 3.05) is 0 Å². The van der Waals surface area contributed by atoms with Crippen LogP contribution in [0.5, 0.6) is 0 Å². The van der Waals surface area contributed by atoms with E-state index >= 15 is 0 Å². The number of benzene rings is 1. The fraction of sp³-hybridized carbons (Fsp3) is 0.286. The fourth-order valence-electron chi connectivity index (χ4n) is 1.94. The van der Waals surface area contributed by atoms with Gasteiger partial charge in [-0.25, -0.2) is 8.78 Å². The van der Waals surface area contributed by atoms with Crippen molar-refractivity contribution < 1.29 is 8.78 Å². The Balaban J connectivity index is 2.12. The van der Waals surface area contributed by atoms with Gasteiger partial charge in [-0.3, -0.25) is 0 Å². The van der Waals surface area contributed by atoms with Gasteiger partial charge in [0.15, 0.2) is 11.6 Å². The van der Waals surface area contributed by atoms with Crippen LogP contribution in [0.1, 0.15) is 36.4 Å². The molecule has 1 N–H and O–H groups in total. The summed E-state index contributed by atoms with van der Waals surface area (Å²) in [6, 6.07) is 8.15. The van der Waals surface area contributed by atoms with E-state index in [2.05, 4.69) is 5.32 Å². The predicted octanol–water partition coefficient (Wildman–Crippen LogP) is 4.44.